The highest BCUT2D eigenvalue weighted by molar-refractivity contribution is 9.10. The summed E-state index contributed by atoms with van der Waals surface area (Å²) >= 11 is 3.54. The number of aromatic nitrogens is 2. The average molecular weight is 396 g/mol. The number of carbonyl (C=O) groups excluding carboxylic acids is 1. The number of hydrogen-bond acceptors (Lipinski definition) is 2. The van der Waals surface area contributed by atoms with Crippen LogP contribution in [0.4, 0.5) is 0 Å². The highest BCUT2D eigenvalue weighted by atomic mass is 79.9. The number of hydrogen-bond donors (Lipinski definition) is 0. The third kappa shape index (κ3) is 3.24. The fourth-order valence-corrected chi connectivity index (χ4v) is 3.82. The van der Waals surface area contributed by atoms with E-state index in [2.05, 4.69) is 45.2 Å². The number of benzene rings is 2. The zero-order chi connectivity index (χ0) is 17.2. The molecule has 4 nitrogen and oxygen atoms in total. The predicted octanol–water partition coefficient (Wildman–Crippen LogP) is 3.82. The van der Waals surface area contributed by atoms with Crippen LogP contribution in [0, 0.1) is 0 Å². The molecule has 5 heteroatoms. The minimum absolute atomic E-state index is 0.107. The summed E-state index contributed by atoms with van der Waals surface area (Å²) in [7, 11) is 0. The SMILES string of the molecule is O=C1Cn2cncc2C(c2cccc(Br)c2)N1CCc1ccccc1. The monoisotopic (exact) mass is 395 g/mol. The highest BCUT2D eigenvalue weighted by Crippen LogP contribution is 2.33. The van der Waals surface area contributed by atoms with Crippen molar-refractivity contribution in [3.05, 3.63) is 88.4 Å². The summed E-state index contributed by atoms with van der Waals surface area (Å²) in [5.74, 6) is 0.131. The summed E-state index contributed by atoms with van der Waals surface area (Å²) in [4.78, 5) is 19.0. The molecular weight excluding hydrogens is 378 g/mol. The molecule has 1 unspecified atom stereocenters. The van der Waals surface area contributed by atoms with E-state index in [0.717, 1.165) is 22.2 Å². The summed E-state index contributed by atoms with van der Waals surface area (Å²) in [5, 5.41) is 0. The van der Waals surface area contributed by atoms with Gasteiger partial charge >= 0.3 is 0 Å². The smallest absolute Gasteiger partial charge is 0.243 e. The van der Waals surface area contributed by atoms with Crippen LogP contribution in [-0.4, -0.2) is 26.9 Å². The molecule has 0 aliphatic carbocycles. The molecule has 2 aromatic carbocycles. The summed E-state index contributed by atoms with van der Waals surface area (Å²) in [5.41, 5.74) is 3.39. The van der Waals surface area contributed by atoms with Crippen LogP contribution < -0.4 is 0 Å². The van der Waals surface area contributed by atoms with Crippen molar-refractivity contribution in [3.63, 3.8) is 0 Å². The molecule has 2 heterocycles. The van der Waals surface area contributed by atoms with Gasteiger partial charge in [-0.25, -0.2) is 4.98 Å². The average Bonchev–Trinajstić information content (AvgIpc) is 3.08. The molecule has 0 fully saturated rings. The summed E-state index contributed by atoms with van der Waals surface area (Å²) in [6.07, 6.45) is 4.45. The molecule has 0 saturated heterocycles. The van der Waals surface area contributed by atoms with Crippen molar-refractivity contribution < 1.29 is 4.79 Å². The van der Waals surface area contributed by atoms with Crippen molar-refractivity contribution in [1.29, 1.82) is 0 Å². The topological polar surface area (TPSA) is 38.1 Å². The molecule has 4 rings (SSSR count). The number of amides is 1. The molecule has 25 heavy (non-hydrogen) atoms. The third-order valence-electron chi connectivity index (χ3n) is 4.61. The first-order valence-corrected chi connectivity index (χ1v) is 9.10. The Morgan fingerprint density at radius 1 is 1.12 bits per heavy atom. The Bertz CT molecular complexity index is 891. The highest BCUT2D eigenvalue weighted by Gasteiger charge is 2.33. The van der Waals surface area contributed by atoms with Gasteiger partial charge in [0.1, 0.15) is 6.54 Å². The Kier molecular flexibility index (Phi) is 4.40. The lowest BCUT2D eigenvalue weighted by atomic mass is 9.99. The molecule has 126 valence electrons. The Morgan fingerprint density at radius 3 is 2.76 bits per heavy atom. The molecule has 1 aliphatic heterocycles. The number of imidazole rings is 1. The van der Waals surface area contributed by atoms with Crippen LogP contribution in [0.15, 0.2) is 71.6 Å². The fourth-order valence-electron chi connectivity index (χ4n) is 3.41. The van der Waals surface area contributed by atoms with Crippen LogP contribution in [-0.2, 0) is 17.8 Å². The maximum absolute atomic E-state index is 12.8. The van der Waals surface area contributed by atoms with Crippen molar-refractivity contribution in [3.8, 4) is 0 Å². The third-order valence-corrected chi connectivity index (χ3v) is 5.10. The van der Waals surface area contributed by atoms with Gasteiger partial charge in [0.15, 0.2) is 0 Å². The second-order valence-corrected chi connectivity index (χ2v) is 7.14. The first-order valence-electron chi connectivity index (χ1n) is 8.31. The predicted molar refractivity (Wildman–Crippen MR) is 100 cm³/mol. The van der Waals surface area contributed by atoms with E-state index in [9.17, 15) is 4.79 Å². The van der Waals surface area contributed by atoms with Crippen molar-refractivity contribution in [1.82, 2.24) is 14.5 Å². The minimum atomic E-state index is -0.107. The van der Waals surface area contributed by atoms with Crippen LogP contribution in [0.3, 0.4) is 0 Å². The van der Waals surface area contributed by atoms with Crippen LogP contribution >= 0.6 is 15.9 Å². The standard InChI is InChI=1S/C20H18BrN3O/c21-17-8-4-7-16(11-17)20-18-12-22-14-23(18)13-19(25)24(20)10-9-15-5-2-1-3-6-15/h1-8,11-12,14,20H,9-10,13H2. The molecule has 1 aromatic heterocycles. The largest absolute Gasteiger partial charge is 0.328 e. The zero-order valence-corrected chi connectivity index (χ0v) is 15.3. The van der Waals surface area contributed by atoms with Crippen molar-refractivity contribution in [2.45, 2.75) is 19.0 Å². The zero-order valence-electron chi connectivity index (χ0n) is 13.7. The van der Waals surface area contributed by atoms with Gasteiger partial charge in [0.25, 0.3) is 0 Å². The van der Waals surface area contributed by atoms with Gasteiger partial charge in [-0.15, -0.1) is 0 Å². The lowest BCUT2D eigenvalue weighted by molar-refractivity contribution is -0.135. The maximum atomic E-state index is 12.8. The number of fused-ring (bicyclic) bond motifs is 1. The summed E-state index contributed by atoms with van der Waals surface area (Å²) in [6.45, 7) is 1.04. The normalized spacial score (nSPS) is 16.8. The number of nitrogens with zero attached hydrogens (tertiary/aromatic N) is 3. The van der Waals surface area contributed by atoms with E-state index < -0.39 is 0 Å². The van der Waals surface area contributed by atoms with Gasteiger partial charge in [-0.05, 0) is 29.7 Å². The van der Waals surface area contributed by atoms with Gasteiger partial charge in [-0.1, -0.05) is 58.4 Å². The van der Waals surface area contributed by atoms with E-state index in [-0.39, 0.29) is 11.9 Å². The molecule has 0 radical (unpaired) electrons. The lowest BCUT2D eigenvalue weighted by Crippen LogP contribution is -2.44. The quantitative estimate of drug-likeness (QED) is 0.673. The molecule has 0 N–H and O–H groups in total. The Hall–Kier alpha value is -2.40. The van der Waals surface area contributed by atoms with Crippen LogP contribution in [0.2, 0.25) is 0 Å². The maximum Gasteiger partial charge on any atom is 0.243 e. The van der Waals surface area contributed by atoms with Gasteiger partial charge in [-0.3, -0.25) is 4.79 Å². The number of rotatable bonds is 4. The van der Waals surface area contributed by atoms with Gasteiger partial charge in [0.2, 0.25) is 5.91 Å². The summed E-state index contributed by atoms with van der Waals surface area (Å²) < 4.78 is 2.96. The molecule has 1 aliphatic rings. The van der Waals surface area contributed by atoms with Crippen molar-refractivity contribution in [2.75, 3.05) is 6.54 Å². The van der Waals surface area contributed by atoms with Crippen molar-refractivity contribution in [2.24, 2.45) is 0 Å². The number of carbonyl (C=O) groups is 1. The first kappa shape index (κ1) is 16.1. The molecule has 0 saturated carbocycles. The van der Waals surface area contributed by atoms with Gasteiger partial charge in [0.05, 0.1) is 24.3 Å². The first-order chi connectivity index (χ1) is 12.2. The second-order valence-electron chi connectivity index (χ2n) is 6.23. The van der Waals surface area contributed by atoms with E-state index in [1.807, 2.05) is 46.0 Å². The molecule has 0 bridgehead atoms. The number of halogens is 1. The lowest BCUT2D eigenvalue weighted by Gasteiger charge is -2.37. The van der Waals surface area contributed by atoms with Crippen LogP contribution in [0.25, 0.3) is 0 Å². The second kappa shape index (κ2) is 6.84. The van der Waals surface area contributed by atoms with Gasteiger partial charge in [0, 0.05) is 11.0 Å². The van der Waals surface area contributed by atoms with E-state index in [1.165, 1.54) is 5.56 Å². The Labute approximate surface area is 155 Å². The van der Waals surface area contributed by atoms with Gasteiger partial charge in [-0.2, -0.15) is 0 Å². The van der Waals surface area contributed by atoms with Crippen LogP contribution in [0.1, 0.15) is 22.9 Å². The Morgan fingerprint density at radius 2 is 1.96 bits per heavy atom. The Balaban J connectivity index is 1.69. The molecule has 1 amide bonds. The van der Waals surface area contributed by atoms with Crippen molar-refractivity contribution >= 4 is 21.8 Å². The van der Waals surface area contributed by atoms with E-state index in [4.69, 9.17) is 0 Å². The van der Waals surface area contributed by atoms with E-state index >= 15 is 0 Å². The van der Waals surface area contributed by atoms with Gasteiger partial charge < -0.3 is 9.47 Å². The molecule has 3 aromatic rings. The molecular formula is C20H18BrN3O. The molecule has 0 spiro atoms. The molecule has 1 atom stereocenters. The van der Waals surface area contributed by atoms with E-state index in [0.29, 0.717) is 13.1 Å². The van der Waals surface area contributed by atoms with E-state index in [1.54, 1.807) is 6.33 Å². The fraction of sp³-hybridized carbons (Fsp3) is 0.200. The van der Waals surface area contributed by atoms with Crippen LogP contribution in [0.5, 0.6) is 0 Å². The summed E-state index contributed by atoms with van der Waals surface area (Å²) in [6, 6.07) is 18.3. The minimum Gasteiger partial charge on any atom is -0.328 e.